The predicted octanol–water partition coefficient (Wildman–Crippen LogP) is -0.738. The van der Waals surface area contributed by atoms with Crippen molar-refractivity contribution >= 4 is 34.7 Å². The number of rotatable bonds is 1. The van der Waals surface area contributed by atoms with E-state index in [1.165, 1.54) is 0 Å². The summed E-state index contributed by atoms with van der Waals surface area (Å²) < 4.78 is 9.56. The van der Waals surface area contributed by atoms with E-state index in [9.17, 15) is 4.21 Å². The standard InChI is InChI=1S/C2H8N2.4C2H4O2.C2H6OS/c3-1-2-4;4*1-2(3)4;1-4(2)3/h1-4H2;4*1H3,(H,3,4);1-2H3. The van der Waals surface area contributed by atoms with E-state index >= 15 is 0 Å². The molecule has 0 aliphatic carbocycles. The van der Waals surface area contributed by atoms with Gasteiger partial charge in [-0.1, -0.05) is 0 Å². The molecular weight excluding hydrogens is 348 g/mol. The van der Waals surface area contributed by atoms with Crippen molar-refractivity contribution in [3.63, 3.8) is 0 Å². The molecule has 0 aromatic heterocycles. The van der Waals surface area contributed by atoms with Crippen molar-refractivity contribution < 1.29 is 43.8 Å². The molecule has 11 nitrogen and oxygen atoms in total. The molecule has 0 bridgehead atoms. The summed E-state index contributed by atoms with van der Waals surface area (Å²) in [6.45, 7) is 5.53. The predicted molar refractivity (Wildman–Crippen MR) is 91.3 cm³/mol. The minimum absolute atomic E-state index is 0.597. The topological polar surface area (TPSA) is 218 Å². The number of nitrogens with two attached hydrogens (primary N) is 2. The van der Waals surface area contributed by atoms with Crippen LogP contribution in [0.1, 0.15) is 27.7 Å². The molecule has 0 aromatic carbocycles. The number of carboxylic acid groups (broad SMARTS) is 4. The van der Waals surface area contributed by atoms with Crippen LogP contribution < -0.4 is 11.5 Å². The molecule has 0 fully saturated rings. The Bertz CT molecular complexity index is 245. The maximum Gasteiger partial charge on any atom is 0.300 e. The fraction of sp³-hybridized carbons (Fsp3) is 0.667. The van der Waals surface area contributed by atoms with Crippen LogP contribution in [-0.2, 0) is 30.0 Å². The van der Waals surface area contributed by atoms with Gasteiger partial charge < -0.3 is 31.9 Å². The van der Waals surface area contributed by atoms with Crippen molar-refractivity contribution in [2.75, 3.05) is 25.6 Å². The van der Waals surface area contributed by atoms with E-state index < -0.39 is 34.7 Å². The van der Waals surface area contributed by atoms with Gasteiger partial charge in [-0.3, -0.25) is 23.4 Å². The zero-order chi connectivity index (χ0) is 21.3. The number of hydrogen-bond donors (Lipinski definition) is 6. The van der Waals surface area contributed by atoms with Gasteiger partial charge in [0.25, 0.3) is 23.9 Å². The Morgan fingerprint density at radius 1 is 0.667 bits per heavy atom. The van der Waals surface area contributed by atoms with Crippen molar-refractivity contribution in [3.05, 3.63) is 0 Å². The minimum Gasteiger partial charge on any atom is -0.481 e. The molecule has 0 spiro atoms. The van der Waals surface area contributed by atoms with Crippen LogP contribution in [-0.4, -0.2) is 74.1 Å². The first-order chi connectivity index (χ1) is 10.6. The lowest BCUT2D eigenvalue weighted by Crippen LogP contribution is -2.11. The van der Waals surface area contributed by atoms with Gasteiger partial charge in [0.2, 0.25) is 0 Å². The van der Waals surface area contributed by atoms with E-state index in [2.05, 4.69) is 0 Å². The van der Waals surface area contributed by atoms with E-state index in [0.29, 0.717) is 13.1 Å². The summed E-state index contributed by atoms with van der Waals surface area (Å²) in [4.78, 5) is 36.0. The Morgan fingerprint density at radius 2 is 0.708 bits per heavy atom. The van der Waals surface area contributed by atoms with Gasteiger partial charge in [0.15, 0.2) is 0 Å². The van der Waals surface area contributed by atoms with Gasteiger partial charge in [0, 0.05) is 64.1 Å². The van der Waals surface area contributed by atoms with Crippen molar-refractivity contribution in [1.82, 2.24) is 0 Å². The van der Waals surface area contributed by atoms with Gasteiger partial charge in [-0.15, -0.1) is 0 Å². The Hall–Kier alpha value is -2.05. The average molecular weight is 378 g/mol. The Labute approximate surface area is 144 Å². The minimum atomic E-state index is -0.833. The molecule has 0 rings (SSSR count). The van der Waals surface area contributed by atoms with Crippen molar-refractivity contribution in [3.8, 4) is 0 Å². The second-order valence-corrected chi connectivity index (χ2v) is 4.88. The van der Waals surface area contributed by atoms with Gasteiger partial charge in [-0.2, -0.15) is 0 Å². The smallest absolute Gasteiger partial charge is 0.300 e. The van der Waals surface area contributed by atoms with Crippen LogP contribution in [0.25, 0.3) is 0 Å². The molecule has 0 atom stereocenters. The Morgan fingerprint density at radius 3 is 0.708 bits per heavy atom. The first-order valence-electron chi connectivity index (χ1n) is 6.01. The average Bonchev–Trinajstić information content (AvgIpc) is 2.24. The Kier molecular flexibility index (Phi) is 58.9. The molecule has 24 heavy (non-hydrogen) atoms. The maximum absolute atomic E-state index is 9.56. The van der Waals surface area contributed by atoms with Crippen molar-refractivity contribution in [2.45, 2.75) is 27.7 Å². The molecule has 0 saturated carbocycles. The third-order valence-electron chi connectivity index (χ3n) is 0.167. The summed E-state index contributed by atoms with van der Waals surface area (Å²) in [6, 6.07) is 0. The molecule has 0 aliphatic rings. The van der Waals surface area contributed by atoms with Crippen molar-refractivity contribution in [2.24, 2.45) is 11.5 Å². The highest BCUT2D eigenvalue weighted by atomic mass is 32.2. The fourth-order valence-corrected chi connectivity index (χ4v) is 0. The first-order valence-corrected chi connectivity index (χ1v) is 7.98. The number of aliphatic carboxylic acids is 4. The normalized spacial score (nSPS) is 6.88. The molecule has 0 heterocycles. The lowest BCUT2D eigenvalue weighted by atomic mass is 10.7. The van der Waals surface area contributed by atoms with Crippen molar-refractivity contribution in [1.29, 1.82) is 0 Å². The molecular formula is C12H30N2O9S. The summed E-state index contributed by atoms with van der Waals surface area (Å²) in [5.41, 5.74) is 9.81. The lowest BCUT2D eigenvalue weighted by Gasteiger charge is -1.72. The van der Waals surface area contributed by atoms with Crippen LogP contribution >= 0.6 is 0 Å². The molecule has 148 valence electrons. The van der Waals surface area contributed by atoms with Crippen LogP contribution in [0.5, 0.6) is 0 Å². The molecule has 0 aliphatic heterocycles. The zero-order valence-electron chi connectivity index (χ0n) is 14.8. The first kappa shape index (κ1) is 37.9. The Balaban J connectivity index is -0.0000000405. The summed E-state index contributed by atoms with van der Waals surface area (Å²) in [5, 5.41) is 29.7. The third-order valence-corrected chi connectivity index (χ3v) is 0.167. The van der Waals surface area contributed by atoms with E-state index in [-0.39, 0.29) is 0 Å². The summed E-state index contributed by atoms with van der Waals surface area (Å²) >= 11 is 0. The van der Waals surface area contributed by atoms with Crippen LogP contribution in [0.3, 0.4) is 0 Å². The van der Waals surface area contributed by atoms with Gasteiger partial charge in [0.05, 0.1) is 0 Å². The molecule has 8 N–H and O–H groups in total. The third kappa shape index (κ3) is 6500. The lowest BCUT2D eigenvalue weighted by molar-refractivity contribution is -0.135. The van der Waals surface area contributed by atoms with Gasteiger partial charge in [-0.25, -0.2) is 0 Å². The molecule has 0 unspecified atom stereocenters. The van der Waals surface area contributed by atoms with Crippen LogP contribution in [0.15, 0.2) is 0 Å². The van der Waals surface area contributed by atoms with Gasteiger partial charge in [0.1, 0.15) is 0 Å². The molecule has 0 saturated heterocycles. The highest BCUT2D eigenvalue weighted by Gasteiger charge is 1.66. The van der Waals surface area contributed by atoms with Gasteiger partial charge in [-0.05, 0) is 0 Å². The van der Waals surface area contributed by atoms with E-state index in [1.54, 1.807) is 12.5 Å². The number of carboxylic acids is 4. The van der Waals surface area contributed by atoms with E-state index in [4.69, 9.17) is 51.1 Å². The second kappa shape index (κ2) is 37.3. The zero-order valence-corrected chi connectivity index (χ0v) is 15.6. The monoisotopic (exact) mass is 378 g/mol. The van der Waals surface area contributed by atoms with Gasteiger partial charge >= 0.3 is 0 Å². The largest absolute Gasteiger partial charge is 0.481 e. The molecule has 0 radical (unpaired) electrons. The molecule has 0 amide bonds. The van der Waals surface area contributed by atoms with E-state index in [0.717, 1.165) is 27.7 Å². The number of hydrogen-bond acceptors (Lipinski definition) is 7. The van der Waals surface area contributed by atoms with Crippen LogP contribution in [0.2, 0.25) is 0 Å². The second-order valence-electron chi connectivity index (χ2n) is 3.40. The fourth-order valence-electron chi connectivity index (χ4n) is 0. The number of carbonyl (C=O) groups is 4. The molecule has 0 aromatic rings. The maximum atomic E-state index is 9.56. The highest BCUT2D eigenvalue weighted by molar-refractivity contribution is 7.83. The highest BCUT2D eigenvalue weighted by Crippen LogP contribution is 1.47. The summed E-state index contributed by atoms with van der Waals surface area (Å²) in [5.74, 6) is -3.33. The molecule has 12 heteroatoms. The summed E-state index contributed by atoms with van der Waals surface area (Å²) in [6.07, 6.45) is 3.28. The summed E-state index contributed by atoms with van der Waals surface area (Å²) in [7, 11) is -0.611. The SMILES string of the molecule is CC(=O)O.CC(=O)O.CC(=O)O.CC(=O)O.CS(C)=O.NCCN. The van der Waals surface area contributed by atoms with Crippen LogP contribution in [0.4, 0.5) is 0 Å². The van der Waals surface area contributed by atoms with E-state index in [1.807, 2.05) is 0 Å². The van der Waals surface area contributed by atoms with Crippen LogP contribution in [0, 0.1) is 0 Å². The quantitative estimate of drug-likeness (QED) is 0.333.